The highest BCUT2D eigenvalue weighted by molar-refractivity contribution is 5.25. The van der Waals surface area contributed by atoms with Crippen LogP contribution >= 0.6 is 0 Å². The number of hydrogen-bond acceptors (Lipinski definition) is 6. The van der Waals surface area contributed by atoms with Gasteiger partial charge in [0, 0.05) is 13.1 Å². The molecule has 1 aromatic heterocycles. The second kappa shape index (κ2) is 5.67. The fourth-order valence-electron chi connectivity index (χ4n) is 2.00. The molecule has 18 heavy (non-hydrogen) atoms. The van der Waals surface area contributed by atoms with Gasteiger partial charge in [-0.05, 0) is 32.7 Å². The molecule has 0 aromatic carbocycles. The molecule has 1 fully saturated rings. The summed E-state index contributed by atoms with van der Waals surface area (Å²) < 4.78 is 5.60. The lowest BCUT2D eigenvalue weighted by atomic mass is 9.94. The smallest absolute Gasteiger partial charge is 0.318 e. The summed E-state index contributed by atoms with van der Waals surface area (Å²) >= 11 is 0. The maximum Gasteiger partial charge on any atom is 0.318 e. The zero-order chi connectivity index (χ0) is 13.0. The molecular weight excluding hydrogens is 232 g/mol. The Bertz CT molecular complexity index is 368. The maximum atomic E-state index is 9.88. The summed E-state index contributed by atoms with van der Waals surface area (Å²) in [6.07, 6.45) is 2.56. The first-order chi connectivity index (χ1) is 8.61. The number of hydrogen-bond donors (Lipinski definition) is 2. The van der Waals surface area contributed by atoms with Gasteiger partial charge in [-0.3, -0.25) is 0 Å². The number of anilines is 1. The molecule has 0 spiro atoms. The van der Waals surface area contributed by atoms with Gasteiger partial charge in [-0.1, -0.05) is 12.0 Å². The van der Waals surface area contributed by atoms with E-state index in [0.717, 1.165) is 38.9 Å². The fourth-order valence-corrected chi connectivity index (χ4v) is 2.00. The van der Waals surface area contributed by atoms with Crippen molar-refractivity contribution in [1.82, 2.24) is 15.5 Å². The molecule has 1 saturated heterocycles. The molecule has 2 rings (SSSR count). The van der Waals surface area contributed by atoms with Crippen molar-refractivity contribution in [3.8, 4) is 0 Å². The first-order valence-electron chi connectivity index (χ1n) is 6.61. The third kappa shape index (κ3) is 3.43. The zero-order valence-electron chi connectivity index (χ0n) is 11.1. The topological polar surface area (TPSA) is 74.4 Å². The van der Waals surface area contributed by atoms with Gasteiger partial charge in [0.2, 0.25) is 5.89 Å². The van der Waals surface area contributed by atoms with Crippen LogP contribution in [0.15, 0.2) is 4.42 Å². The van der Waals surface area contributed by atoms with Gasteiger partial charge in [0.1, 0.15) is 0 Å². The van der Waals surface area contributed by atoms with Crippen molar-refractivity contribution < 1.29 is 9.52 Å². The number of nitrogens with zero attached hydrogens (tertiary/aromatic N) is 3. The van der Waals surface area contributed by atoms with E-state index in [-0.39, 0.29) is 0 Å². The Hall–Kier alpha value is -1.14. The van der Waals surface area contributed by atoms with Crippen LogP contribution in [0.5, 0.6) is 0 Å². The van der Waals surface area contributed by atoms with Crippen molar-refractivity contribution >= 4 is 6.01 Å². The maximum absolute atomic E-state index is 9.88. The van der Waals surface area contributed by atoms with E-state index in [1.54, 1.807) is 0 Å². The van der Waals surface area contributed by atoms with E-state index in [9.17, 15) is 5.11 Å². The highest BCUT2D eigenvalue weighted by atomic mass is 16.4. The van der Waals surface area contributed by atoms with Crippen LogP contribution in [0, 0.1) is 0 Å². The van der Waals surface area contributed by atoms with E-state index >= 15 is 0 Å². The molecular formula is C12H22N4O2. The minimum Gasteiger partial charge on any atom is -0.407 e. The van der Waals surface area contributed by atoms with Gasteiger partial charge in [0.15, 0.2) is 0 Å². The third-order valence-electron chi connectivity index (χ3n) is 3.27. The summed E-state index contributed by atoms with van der Waals surface area (Å²) in [5.74, 6) is 0.621. The molecule has 0 atom stereocenters. The van der Waals surface area contributed by atoms with Crippen LogP contribution in [0.25, 0.3) is 0 Å². The molecule has 2 heterocycles. The molecule has 2 N–H and O–H groups in total. The highest BCUT2D eigenvalue weighted by Gasteiger charge is 2.29. The van der Waals surface area contributed by atoms with Gasteiger partial charge in [0.05, 0.1) is 12.1 Å². The second-order valence-corrected chi connectivity index (χ2v) is 5.14. The lowest BCUT2D eigenvalue weighted by Gasteiger charge is -2.34. The number of aliphatic hydroxyl groups is 1. The van der Waals surface area contributed by atoms with Crippen LogP contribution in [-0.2, 0) is 6.54 Å². The summed E-state index contributed by atoms with van der Waals surface area (Å²) in [5.41, 5.74) is -0.554. The van der Waals surface area contributed by atoms with Crippen LogP contribution in [0.4, 0.5) is 6.01 Å². The predicted molar refractivity (Wildman–Crippen MR) is 68.4 cm³/mol. The highest BCUT2D eigenvalue weighted by Crippen LogP contribution is 2.24. The van der Waals surface area contributed by atoms with Gasteiger partial charge in [-0.15, -0.1) is 5.10 Å². The molecule has 0 aliphatic carbocycles. The van der Waals surface area contributed by atoms with Crippen molar-refractivity contribution in [2.75, 3.05) is 24.5 Å². The first-order valence-corrected chi connectivity index (χ1v) is 6.61. The summed E-state index contributed by atoms with van der Waals surface area (Å²) in [4.78, 5) is 2.04. The minimum atomic E-state index is -0.554. The molecule has 0 radical (unpaired) electrons. The first kappa shape index (κ1) is 13.3. The number of piperidine rings is 1. The molecule has 0 amide bonds. The second-order valence-electron chi connectivity index (χ2n) is 5.14. The molecule has 6 nitrogen and oxygen atoms in total. The molecule has 0 saturated carbocycles. The average Bonchev–Trinajstić information content (AvgIpc) is 2.78. The van der Waals surface area contributed by atoms with Crippen molar-refractivity contribution in [2.45, 2.75) is 45.3 Å². The lowest BCUT2D eigenvalue weighted by Crippen LogP contribution is -2.42. The monoisotopic (exact) mass is 254 g/mol. The van der Waals surface area contributed by atoms with E-state index in [2.05, 4.69) is 22.4 Å². The van der Waals surface area contributed by atoms with Crippen LogP contribution < -0.4 is 10.2 Å². The minimum absolute atomic E-state index is 0.554. The van der Waals surface area contributed by atoms with Crippen molar-refractivity contribution in [1.29, 1.82) is 0 Å². The van der Waals surface area contributed by atoms with Gasteiger partial charge in [0.25, 0.3) is 0 Å². The Morgan fingerprint density at radius 2 is 2.11 bits per heavy atom. The number of nitrogens with one attached hydrogen (secondary N) is 1. The molecule has 1 aliphatic rings. The van der Waals surface area contributed by atoms with Gasteiger partial charge in [-0.25, -0.2) is 0 Å². The largest absolute Gasteiger partial charge is 0.407 e. The van der Waals surface area contributed by atoms with Gasteiger partial charge in [-0.2, -0.15) is 0 Å². The summed E-state index contributed by atoms with van der Waals surface area (Å²) in [6.45, 7) is 7.08. The Labute approximate surface area is 107 Å². The molecule has 0 bridgehead atoms. The van der Waals surface area contributed by atoms with E-state index in [1.165, 1.54) is 0 Å². The van der Waals surface area contributed by atoms with Crippen LogP contribution in [0.2, 0.25) is 0 Å². The van der Waals surface area contributed by atoms with Crippen molar-refractivity contribution in [3.05, 3.63) is 5.89 Å². The summed E-state index contributed by atoms with van der Waals surface area (Å²) in [6, 6.07) is 0.568. The van der Waals surface area contributed by atoms with Crippen LogP contribution in [0.1, 0.15) is 39.0 Å². The van der Waals surface area contributed by atoms with E-state index in [1.807, 2.05) is 11.8 Å². The molecule has 102 valence electrons. The third-order valence-corrected chi connectivity index (χ3v) is 3.27. The van der Waals surface area contributed by atoms with Gasteiger partial charge < -0.3 is 19.7 Å². The number of rotatable bonds is 5. The molecule has 1 aromatic rings. The summed E-state index contributed by atoms with van der Waals surface area (Å²) in [5, 5.41) is 21.2. The Morgan fingerprint density at radius 1 is 1.39 bits per heavy atom. The summed E-state index contributed by atoms with van der Waals surface area (Å²) in [7, 11) is 0. The fraction of sp³-hybridized carbons (Fsp3) is 0.833. The normalized spacial score (nSPS) is 19.2. The molecule has 0 unspecified atom stereocenters. The van der Waals surface area contributed by atoms with E-state index in [4.69, 9.17) is 4.42 Å². The Morgan fingerprint density at radius 3 is 2.78 bits per heavy atom. The van der Waals surface area contributed by atoms with Crippen LogP contribution in [0.3, 0.4) is 0 Å². The average molecular weight is 254 g/mol. The Balaban J connectivity index is 1.86. The van der Waals surface area contributed by atoms with Crippen molar-refractivity contribution in [2.24, 2.45) is 0 Å². The zero-order valence-corrected chi connectivity index (χ0v) is 11.1. The lowest BCUT2D eigenvalue weighted by molar-refractivity contribution is 0.0343. The quantitative estimate of drug-likeness (QED) is 0.761. The Kier molecular flexibility index (Phi) is 4.19. The molecule has 1 aliphatic heterocycles. The van der Waals surface area contributed by atoms with Gasteiger partial charge >= 0.3 is 6.01 Å². The van der Waals surface area contributed by atoms with Crippen LogP contribution in [-0.4, -0.2) is 40.5 Å². The SMILES string of the molecule is CCCNCc1nnc(N2CCC(C)(O)CC2)o1. The predicted octanol–water partition coefficient (Wildman–Crippen LogP) is 0.920. The van der Waals surface area contributed by atoms with E-state index in [0.29, 0.717) is 18.5 Å². The standard InChI is InChI=1S/C12H22N4O2/c1-3-6-13-9-10-14-15-11(18-10)16-7-4-12(2,17)5-8-16/h13,17H,3-9H2,1-2H3. The van der Waals surface area contributed by atoms with E-state index < -0.39 is 5.60 Å². The molecule has 6 heteroatoms. The van der Waals surface area contributed by atoms with Crippen molar-refractivity contribution in [3.63, 3.8) is 0 Å². The number of aromatic nitrogens is 2.